The molecule has 0 amide bonds. The highest BCUT2D eigenvalue weighted by molar-refractivity contribution is 5.79. The van der Waals surface area contributed by atoms with Crippen molar-refractivity contribution in [3.8, 4) is 0 Å². The topological polar surface area (TPSA) is 79.7 Å². The molecule has 5 rings (SSSR count). The van der Waals surface area contributed by atoms with Gasteiger partial charge in [0.1, 0.15) is 11.9 Å². The number of nitrogens with one attached hydrogen (secondary N) is 1. The first-order valence-corrected chi connectivity index (χ1v) is 11.0. The molecule has 0 unspecified atom stereocenters. The lowest BCUT2D eigenvalue weighted by atomic mass is 10.00. The molecule has 1 aliphatic rings. The summed E-state index contributed by atoms with van der Waals surface area (Å²) in [6.07, 6.45) is 3.32. The largest absolute Gasteiger partial charge is 0.322 e. The van der Waals surface area contributed by atoms with Crippen LogP contribution in [0.2, 0.25) is 0 Å². The minimum absolute atomic E-state index is 0.131. The second-order valence-electron chi connectivity index (χ2n) is 8.46. The zero-order chi connectivity index (χ0) is 22.1. The van der Waals surface area contributed by atoms with Gasteiger partial charge in [-0.15, -0.1) is 5.10 Å². The number of likely N-dealkylation sites (tertiary alicyclic amines) is 1. The molecule has 7 nitrogen and oxygen atoms in total. The number of halogens is 1. The van der Waals surface area contributed by atoms with Crippen LogP contribution in [0.15, 0.2) is 53.3 Å². The van der Waals surface area contributed by atoms with Gasteiger partial charge in [0.2, 0.25) is 0 Å². The van der Waals surface area contributed by atoms with E-state index in [2.05, 4.69) is 31.5 Å². The van der Waals surface area contributed by atoms with Crippen molar-refractivity contribution in [1.82, 2.24) is 30.1 Å². The van der Waals surface area contributed by atoms with Crippen LogP contribution in [0.1, 0.15) is 47.8 Å². The van der Waals surface area contributed by atoms with E-state index in [4.69, 9.17) is 0 Å². The summed E-state index contributed by atoms with van der Waals surface area (Å²) < 4.78 is 15.1. The maximum atomic E-state index is 13.3. The number of rotatable bonds is 5. The molecule has 2 aromatic heterocycles. The molecule has 1 saturated heterocycles. The van der Waals surface area contributed by atoms with Crippen molar-refractivity contribution in [3.05, 3.63) is 87.2 Å². The third kappa shape index (κ3) is 4.05. The SMILES string of the molecule is Cc1ccc2[nH]c(=O)c([C@H](c3nnnn3Cc3ccc(F)cc3)N3CCCCC3)cc2c1. The van der Waals surface area contributed by atoms with Crippen LogP contribution in [0.25, 0.3) is 10.9 Å². The summed E-state index contributed by atoms with van der Waals surface area (Å²) in [5, 5.41) is 13.5. The van der Waals surface area contributed by atoms with Crippen molar-refractivity contribution >= 4 is 10.9 Å². The van der Waals surface area contributed by atoms with Crippen LogP contribution in [0.4, 0.5) is 4.39 Å². The number of tetrazole rings is 1. The maximum Gasteiger partial charge on any atom is 0.253 e. The Labute approximate surface area is 184 Å². The molecule has 0 radical (unpaired) electrons. The van der Waals surface area contributed by atoms with Crippen LogP contribution in [0, 0.1) is 12.7 Å². The molecule has 164 valence electrons. The summed E-state index contributed by atoms with van der Waals surface area (Å²) in [6.45, 7) is 4.19. The fourth-order valence-electron chi connectivity index (χ4n) is 4.50. The summed E-state index contributed by atoms with van der Waals surface area (Å²) >= 11 is 0. The number of H-pyrrole nitrogens is 1. The van der Waals surface area contributed by atoms with Gasteiger partial charge in [0, 0.05) is 11.1 Å². The molecule has 2 aromatic carbocycles. The highest BCUT2D eigenvalue weighted by atomic mass is 19.1. The van der Waals surface area contributed by atoms with Gasteiger partial charge in [-0.25, -0.2) is 9.07 Å². The van der Waals surface area contributed by atoms with Gasteiger partial charge in [-0.05, 0) is 84.6 Å². The van der Waals surface area contributed by atoms with Crippen molar-refractivity contribution in [3.63, 3.8) is 0 Å². The van der Waals surface area contributed by atoms with E-state index < -0.39 is 0 Å². The average Bonchev–Trinajstić information content (AvgIpc) is 3.24. The molecule has 0 bridgehead atoms. The van der Waals surface area contributed by atoms with E-state index in [9.17, 15) is 9.18 Å². The zero-order valence-electron chi connectivity index (χ0n) is 18.0. The van der Waals surface area contributed by atoms with E-state index in [1.54, 1.807) is 16.8 Å². The molecule has 0 aliphatic carbocycles. The molecule has 32 heavy (non-hydrogen) atoms. The van der Waals surface area contributed by atoms with Crippen LogP contribution in [0.3, 0.4) is 0 Å². The third-order valence-corrected chi connectivity index (χ3v) is 6.13. The highest BCUT2D eigenvalue weighted by Gasteiger charge is 2.31. The molecule has 0 spiro atoms. The van der Waals surface area contributed by atoms with Crippen LogP contribution >= 0.6 is 0 Å². The number of hydrogen-bond acceptors (Lipinski definition) is 5. The Balaban J connectivity index is 1.61. The Hall–Kier alpha value is -3.39. The van der Waals surface area contributed by atoms with Crippen molar-refractivity contribution in [2.45, 2.75) is 38.8 Å². The number of aryl methyl sites for hydroxylation is 1. The Morgan fingerprint density at radius 1 is 1.06 bits per heavy atom. The number of nitrogens with zero attached hydrogens (tertiary/aromatic N) is 5. The number of pyridine rings is 1. The second kappa shape index (κ2) is 8.63. The molecule has 1 aliphatic heterocycles. The van der Waals surface area contributed by atoms with Crippen LogP contribution < -0.4 is 5.56 Å². The van der Waals surface area contributed by atoms with E-state index in [1.165, 1.54) is 18.6 Å². The maximum absolute atomic E-state index is 13.3. The molecule has 3 heterocycles. The lowest BCUT2D eigenvalue weighted by molar-refractivity contribution is 0.177. The Morgan fingerprint density at radius 3 is 2.62 bits per heavy atom. The molecular formula is C24H25FN6O. The molecule has 1 fully saturated rings. The van der Waals surface area contributed by atoms with E-state index in [0.29, 0.717) is 17.9 Å². The Morgan fingerprint density at radius 2 is 1.84 bits per heavy atom. The Bertz CT molecular complexity index is 1290. The van der Waals surface area contributed by atoms with E-state index in [1.807, 2.05) is 25.1 Å². The number of piperidine rings is 1. The van der Waals surface area contributed by atoms with Crippen molar-refractivity contribution in [1.29, 1.82) is 0 Å². The second-order valence-corrected chi connectivity index (χ2v) is 8.46. The molecule has 8 heteroatoms. The van der Waals surface area contributed by atoms with E-state index >= 15 is 0 Å². The van der Waals surface area contributed by atoms with E-state index in [-0.39, 0.29) is 17.4 Å². The highest BCUT2D eigenvalue weighted by Crippen LogP contribution is 2.29. The number of aromatic nitrogens is 5. The van der Waals surface area contributed by atoms with Gasteiger partial charge in [-0.1, -0.05) is 30.2 Å². The number of hydrogen-bond donors (Lipinski definition) is 1. The first kappa shape index (κ1) is 20.5. The molecule has 1 N–H and O–H groups in total. The smallest absolute Gasteiger partial charge is 0.253 e. The van der Waals surface area contributed by atoms with Gasteiger partial charge >= 0.3 is 0 Å². The van der Waals surface area contributed by atoms with Crippen molar-refractivity contribution < 1.29 is 4.39 Å². The minimum Gasteiger partial charge on any atom is -0.322 e. The van der Waals surface area contributed by atoms with Crippen LogP contribution in [-0.2, 0) is 6.54 Å². The van der Waals surface area contributed by atoms with Gasteiger partial charge in [0.25, 0.3) is 5.56 Å². The van der Waals surface area contributed by atoms with Gasteiger partial charge in [0.05, 0.1) is 6.54 Å². The number of fused-ring (bicyclic) bond motifs is 1. The van der Waals surface area contributed by atoms with Gasteiger partial charge in [-0.3, -0.25) is 9.69 Å². The lowest BCUT2D eigenvalue weighted by Gasteiger charge is -2.33. The monoisotopic (exact) mass is 432 g/mol. The van der Waals surface area contributed by atoms with Crippen LogP contribution in [-0.4, -0.2) is 43.2 Å². The lowest BCUT2D eigenvalue weighted by Crippen LogP contribution is -2.38. The molecular weight excluding hydrogens is 407 g/mol. The average molecular weight is 433 g/mol. The summed E-state index contributed by atoms with van der Waals surface area (Å²) in [5.74, 6) is 0.337. The standard InChI is InChI=1S/C24H25FN6O/c1-16-5-10-21-18(13-16)14-20(24(32)26-21)22(30-11-3-2-4-12-30)23-27-28-29-31(23)15-17-6-8-19(25)9-7-17/h5-10,13-14,22H,2-4,11-12,15H2,1H3,(H,26,32)/t22-/m1/s1. The van der Waals surface area contributed by atoms with Gasteiger partial charge < -0.3 is 4.98 Å². The van der Waals surface area contributed by atoms with Gasteiger partial charge in [-0.2, -0.15) is 0 Å². The summed E-state index contributed by atoms with van der Waals surface area (Å²) in [4.78, 5) is 18.5. The van der Waals surface area contributed by atoms with E-state index in [0.717, 1.165) is 48.0 Å². The zero-order valence-corrected chi connectivity index (χ0v) is 18.0. The third-order valence-electron chi connectivity index (χ3n) is 6.13. The van der Waals surface area contributed by atoms with Crippen LogP contribution in [0.5, 0.6) is 0 Å². The first-order valence-electron chi connectivity index (χ1n) is 11.0. The van der Waals surface area contributed by atoms with Crippen molar-refractivity contribution in [2.24, 2.45) is 0 Å². The summed E-state index contributed by atoms with van der Waals surface area (Å²) in [5.41, 5.74) is 3.34. The number of benzene rings is 2. The van der Waals surface area contributed by atoms with Crippen molar-refractivity contribution in [2.75, 3.05) is 13.1 Å². The fourth-order valence-corrected chi connectivity index (χ4v) is 4.50. The molecule has 4 aromatic rings. The molecule has 1 atom stereocenters. The van der Waals surface area contributed by atoms with Gasteiger partial charge in [0.15, 0.2) is 5.82 Å². The predicted octanol–water partition coefficient (Wildman–Crippen LogP) is 3.59. The predicted molar refractivity (Wildman–Crippen MR) is 120 cm³/mol. The molecule has 0 saturated carbocycles. The number of aromatic amines is 1. The first-order chi connectivity index (χ1) is 15.6. The minimum atomic E-state index is -0.362. The summed E-state index contributed by atoms with van der Waals surface area (Å²) in [7, 11) is 0. The fraction of sp³-hybridized carbons (Fsp3) is 0.333. The quantitative estimate of drug-likeness (QED) is 0.521. The normalized spacial score (nSPS) is 15.8. The Kier molecular flexibility index (Phi) is 5.53. The summed E-state index contributed by atoms with van der Waals surface area (Å²) in [6, 6.07) is 13.9.